The van der Waals surface area contributed by atoms with Gasteiger partial charge in [-0.2, -0.15) is 0 Å². The van der Waals surface area contributed by atoms with Crippen LogP contribution >= 0.6 is 0 Å². The molecule has 0 aromatic carbocycles. The summed E-state index contributed by atoms with van der Waals surface area (Å²) in [5.74, 6) is -0.701. The molecule has 0 saturated heterocycles. The van der Waals surface area contributed by atoms with Gasteiger partial charge >= 0.3 is 11.7 Å². The SMILES string of the molecule is COC(=O)c1ccoc1Cn1c(-c2ccccn2)noc1=O. The maximum atomic E-state index is 11.8. The summed E-state index contributed by atoms with van der Waals surface area (Å²) in [6, 6.07) is 6.67. The van der Waals surface area contributed by atoms with Crippen molar-refractivity contribution in [3.05, 3.63) is 58.6 Å². The molecule has 3 heterocycles. The molecule has 112 valence electrons. The average Bonchev–Trinajstić information content (AvgIpc) is 3.16. The predicted octanol–water partition coefficient (Wildman–Crippen LogP) is 1.33. The number of esters is 1. The standard InChI is InChI=1S/C14H11N3O5/c1-20-13(18)9-5-7-21-11(9)8-17-12(16-22-14(17)19)10-4-2-3-6-15-10/h2-7H,8H2,1H3. The Labute approximate surface area is 123 Å². The van der Waals surface area contributed by atoms with Crippen molar-refractivity contribution >= 4 is 5.97 Å². The van der Waals surface area contributed by atoms with Crippen molar-refractivity contribution in [1.82, 2.24) is 14.7 Å². The van der Waals surface area contributed by atoms with Crippen LogP contribution in [0.2, 0.25) is 0 Å². The number of furan rings is 1. The number of nitrogens with zero attached hydrogens (tertiary/aromatic N) is 3. The van der Waals surface area contributed by atoms with Gasteiger partial charge in [0.05, 0.1) is 19.9 Å². The molecule has 8 heteroatoms. The molecule has 8 nitrogen and oxygen atoms in total. The molecule has 0 aliphatic heterocycles. The molecular weight excluding hydrogens is 290 g/mol. The first-order chi connectivity index (χ1) is 10.7. The lowest BCUT2D eigenvalue weighted by Gasteiger charge is -2.03. The number of carbonyl (C=O) groups excluding carboxylic acids is 1. The first kappa shape index (κ1) is 13.8. The van der Waals surface area contributed by atoms with E-state index in [1.807, 2.05) is 0 Å². The van der Waals surface area contributed by atoms with E-state index in [0.29, 0.717) is 5.69 Å². The third-order valence-corrected chi connectivity index (χ3v) is 3.03. The predicted molar refractivity (Wildman–Crippen MR) is 73.1 cm³/mol. The van der Waals surface area contributed by atoms with Crippen LogP contribution in [0.25, 0.3) is 11.5 Å². The number of hydrogen-bond acceptors (Lipinski definition) is 7. The van der Waals surface area contributed by atoms with E-state index in [9.17, 15) is 9.59 Å². The van der Waals surface area contributed by atoms with Gasteiger partial charge in [-0.3, -0.25) is 9.51 Å². The Balaban J connectivity index is 2.01. The number of aromatic nitrogens is 3. The topological polar surface area (TPSA) is 100 Å². The van der Waals surface area contributed by atoms with E-state index in [2.05, 4.69) is 19.4 Å². The first-order valence-corrected chi connectivity index (χ1v) is 6.33. The molecule has 22 heavy (non-hydrogen) atoms. The molecule has 0 bridgehead atoms. The highest BCUT2D eigenvalue weighted by atomic mass is 16.5. The molecule has 0 saturated carbocycles. The number of hydrogen-bond donors (Lipinski definition) is 0. The van der Waals surface area contributed by atoms with Crippen molar-refractivity contribution < 1.29 is 18.5 Å². The minimum absolute atomic E-state index is 0.0221. The second-order valence-electron chi connectivity index (χ2n) is 4.32. The van der Waals surface area contributed by atoms with E-state index in [1.54, 1.807) is 24.4 Å². The van der Waals surface area contributed by atoms with Crippen molar-refractivity contribution in [1.29, 1.82) is 0 Å². The molecule has 3 aromatic heterocycles. The first-order valence-electron chi connectivity index (χ1n) is 6.33. The molecule has 0 N–H and O–H groups in total. The fourth-order valence-electron chi connectivity index (χ4n) is 1.99. The molecule has 0 fully saturated rings. The molecule has 3 aromatic rings. The summed E-state index contributed by atoms with van der Waals surface area (Å²) in [5.41, 5.74) is 0.710. The molecule has 0 aliphatic rings. The number of pyridine rings is 1. The number of carbonyl (C=O) groups is 1. The van der Waals surface area contributed by atoms with Gasteiger partial charge in [0.2, 0.25) is 5.82 Å². The van der Waals surface area contributed by atoms with Crippen molar-refractivity contribution in [2.24, 2.45) is 0 Å². The molecule has 0 unspecified atom stereocenters. The number of rotatable bonds is 4. The van der Waals surface area contributed by atoms with Gasteiger partial charge in [0.1, 0.15) is 17.0 Å². The van der Waals surface area contributed by atoms with Gasteiger partial charge in [-0.1, -0.05) is 11.2 Å². The largest absolute Gasteiger partial charge is 0.467 e. The van der Waals surface area contributed by atoms with Crippen LogP contribution < -0.4 is 5.76 Å². The summed E-state index contributed by atoms with van der Waals surface area (Å²) in [7, 11) is 1.27. The van der Waals surface area contributed by atoms with E-state index < -0.39 is 11.7 Å². The monoisotopic (exact) mass is 301 g/mol. The fourth-order valence-corrected chi connectivity index (χ4v) is 1.99. The molecule has 0 radical (unpaired) electrons. The minimum atomic E-state index is -0.673. The van der Waals surface area contributed by atoms with Gasteiger partial charge in [-0.15, -0.1) is 0 Å². The Morgan fingerprint density at radius 2 is 2.23 bits per heavy atom. The van der Waals surface area contributed by atoms with Crippen LogP contribution in [0.15, 0.2) is 50.5 Å². The van der Waals surface area contributed by atoms with Gasteiger partial charge in [-0.05, 0) is 18.2 Å². The van der Waals surface area contributed by atoms with Crippen LogP contribution in [-0.4, -0.2) is 27.8 Å². The maximum absolute atomic E-state index is 11.8. The second kappa shape index (κ2) is 5.68. The van der Waals surface area contributed by atoms with E-state index in [-0.39, 0.29) is 23.7 Å². The molecule has 0 spiro atoms. The Bertz CT molecular complexity index is 847. The van der Waals surface area contributed by atoms with Crippen molar-refractivity contribution in [3.8, 4) is 11.5 Å². The highest BCUT2D eigenvalue weighted by molar-refractivity contribution is 5.90. The second-order valence-corrected chi connectivity index (χ2v) is 4.32. The molecule has 0 aliphatic carbocycles. The van der Waals surface area contributed by atoms with Crippen LogP contribution in [-0.2, 0) is 11.3 Å². The molecule has 0 amide bonds. The Hall–Kier alpha value is -3.16. The Morgan fingerprint density at radius 1 is 1.36 bits per heavy atom. The summed E-state index contributed by atoms with van der Waals surface area (Å²) < 4.78 is 15.8. The molecule has 3 rings (SSSR count). The molecule has 0 atom stereocenters. The van der Waals surface area contributed by atoms with Crippen LogP contribution in [0.5, 0.6) is 0 Å². The van der Waals surface area contributed by atoms with Gasteiger partial charge in [-0.25, -0.2) is 14.2 Å². The summed E-state index contributed by atoms with van der Waals surface area (Å²) in [6.45, 7) is -0.0221. The van der Waals surface area contributed by atoms with Crippen molar-refractivity contribution in [2.75, 3.05) is 7.11 Å². The average molecular weight is 301 g/mol. The zero-order valence-corrected chi connectivity index (χ0v) is 11.6. The Kier molecular flexibility index (Phi) is 3.57. The maximum Gasteiger partial charge on any atom is 0.442 e. The summed E-state index contributed by atoms with van der Waals surface area (Å²) in [4.78, 5) is 27.6. The van der Waals surface area contributed by atoms with Crippen LogP contribution in [0, 0.1) is 0 Å². The fraction of sp³-hybridized carbons (Fsp3) is 0.143. The van der Waals surface area contributed by atoms with Gasteiger partial charge in [0.25, 0.3) is 0 Å². The Morgan fingerprint density at radius 3 is 2.95 bits per heavy atom. The highest BCUT2D eigenvalue weighted by Gasteiger charge is 2.20. The van der Waals surface area contributed by atoms with E-state index in [4.69, 9.17) is 4.42 Å². The summed E-state index contributed by atoms with van der Waals surface area (Å²) in [6.07, 6.45) is 2.92. The van der Waals surface area contributed by atoms with Crippen molar-refractivity contribution in [3.63, 3.8) is 0 Å². The number of methoxy groups -OCH3 is 1. The van der Waals surface area contributed by atoms with Crippen LogP contribution in [0.1, 0.15) is 16.1 Å². The van der Waals surface area contributed by atoms with Crippen LogP contribution in [0.4, 0.5) is 0 Å². The van der Waals surface area contributed by atoms with Gasteiger partial charge in [0.15, 0.2) is 0 Å². The summed E-state index contributed by atoms with van der Waals surface area (Å²) >= 11 is 0. The third-order valence-electron chi connectivity index (χ3n) is 3.03. The van der Waals surface area contributed by atoms with Crippen molar-refractivity contribution in [2.45, 2.75) is 6.54 Å². The summed E-state index contributed by atoms with van der Waals surface area (Å²) in [5, 5.41) is 3.72. The third kappa shape index (κ3) is 2.41. The quantitative estimate of drug-likeness (QED) is 0.670. The van der Waals surface area contributed by atoms with Gasteiger partial charge < -0.3 is 9.15 Å². The van der Waals surface area contributed by atoms with E-state index in [0.717, 1.165) is 0 Å². The molecular formula is C14H11N3O5. The number of ether oxygens (including phenoxy) is 1. The lowest BCUT2D eigenvalue weighted by Crippen LogP contribution is -2.18. The highest BCUT2D eigenvalue weighted by Crippen LogP contribution is 2.17. The van der Waals surface area contributed by atoms with E-state index in [1.165, 1.54) is 24.0 Å². The normalized spacial score (nSPS) is 10.6. The van der Waals surface area contributed by atoms with Crippen LogP contribution in [0.3, 0.4) is 0 Å². The smallest absolute Gasteiger partial charge is 0.442 e. The van der Waals surface area contributed by atoms with E-state index >= 15 is 0 Å². The lowest BCUT2D eigenvalue weighted by molar-refractivity contribution is 0.0598. The zero-order chi connectivity index (χ0) is 15.5. The lowest BCUT2D eigenvalue weighted by atomic mass is 10.2. The van der Waals surface area contributed by atoms with Gasteiger partial charge in [0, 0.05) is 6.20 Å². The zero-order valence-electron chi connectivity index (χ0n) is 11.6. The minimum Gasteiger partial charge on any atom is -0.467 e.